The monoisotopic (exact) mass is 392 g/mol. The average Bonchev–Trinajstić information content (AvgIpc) is 3.05. The zero-order chi connectivity index (χ0) is 16.2. The Labute approximate surface area is 145 Å². The van der Waals surface area contributed by atoms with Crippen molar-refractivity contribution in [3.8, 4) is 11.5 Å². The Morgan fingerprint density at radius 3 is 2.74 bits per heavy atom. The molecule has 0 bridgehead atoms. The first-order chi connectivity index (χ1) is 11.1. The van der Waals surface area contributed by atoms with Crippen molar-refractivity contribution in [3.63, 3.8) is 0 Å². The molecule has 0 N–H and O–H groups in total. The second kappa shape index (κ2) is 6.93. The number of hydrogen-bond donors (Lipinski definition) is 0. The summed E-state index contributed by atoms with van der Waals surface area (Å²) >= 11 is 9.27. The fraction of sp³-hybridized carbons (Fsp3) is 0.0625. The Morgan fingerprint density at radius 2 is 1.96 bits per heavy atom. The van der Waals surface area contributed by atoms with Gasteiger partial charge in [-0.1, -0.05) is 45.7 Å². The summed E-state index contributed by atoms with van der Waals surface area (Å²) in [5.74, 6) is 0.0243. The number of carbonyl (C=O) groups excluding carboxylic acids is 1. The number of rotatable bonds is 4. The van der Waals surface area contributed by atoms with E-state index in [1.165, 1.54) is 0 Å². The van der Waals surface area contributed by atoms with Gasteiger partial charge < -0.3 is 9.15 Å². The van der Waals surface area contributed by atoms with E-state index >= 15 is 0 Å². The van der Waals surface area contributed by atoms with Crippen LogP contribution in [0.2, 0.25) is 5.02 Å². The third-order valence-electron chi connectivity index (χ3n) is 2.96. The molecule has 1 heterocycles. The van der Waals surface area contributed by atoms with Gasteiger partial charge in [-0.15, -0.1) is 10.2 Å². The number of carbonyl (C=O) groups is 1. The number of halogens is 2. The molecule has 0 spiro atoms. The molecule has 0 fully saturated rings. The lowest BCUT2D eigenvalue weighted by atomic mass is 10.2. The molecule has 7 heteroatoms. The van der Waals surface area contributed by atoms with E-state index < -0.39 is 5.97 Å². The van der Waals surface area contributed by atoms with Gasteiger partial charge in [0.15, 0.2) is 6.61 Å². The van der Waals surface area contributed by atoms with Crippen LogP contribution in [0.1, 0.15) is 16.2 Å². The highest BCUT2D eigenvalue weighted by Gasteiger charge is 2.15. The van der Waals surface area contributed by atoms with Crippen LogP contribution in [0.15, 0.2) is 57.4 Å². The van der Waals surface area contributed by atoms with Crippen molar-refractivity contribution >= 4 is 33.5 Å². The molecule has 3 rings (SSSR count). The summed E-state index contributed by atoms with van der Waals surface area (Å²) in [6.07, 6.45) is 0. The molecule has 0 aliphatic rings. The second-order valence-electron chi connectivity index (χ2n) is 4.57. The number of ether oxygens (including phenoxy) is 1. The van der Waals surface area contributed by atoms with E-state index in [9.17, 15) is 4.79 Å². The molecular weight excluding hydrogens is 384 g/mol. The molecule has 0 atom stereocenters. The molecule has 0 unspecified atom stereocenters. The first-order valence-electron chi connectivity index (χ1n) is 6.63. The maximum absolute atomic E-state index is 12.1. The smallest absolute Gasteiger partial charge is 0.340 e. The van der Waals surface area contributed by atoms with Gasteiger partial charge in [0.1, 0.15) is 0 Å². The highest BCUT2D eigenvalue weighted by atomic mass is 79.9. The highest BCUT2D eigenvalue weighted by Crippen LogP contribution is 2.22. The third kappa shape index (κ3) is 3.78. The molecule has 0 aliphatic carbocycles. The molecular formula is C16H10BrClN2O3. The Balaban J connectivity index is 1.68. The van der Waals surface area contributed by atoms with Crippen LogP contribution >= 0.6 is 27.5 Å². The predicted octanol–water partition coefficient (Wildman–Crippen LogP) is 4.51. The lowest BCUT2D eigenvalue weighted by Gasteiger charge is -2.04. The van der Waals surface area contributed by atoms with Crippen LogP contribution in [0.5, 0.6) is 0 Å². The SMILES string of the molecule is O=C(OCc1nnc(-c2ccccc2)o1)c1cc(Br)ccc1Cl. The van der Waals surface area contributed by atoms with E-state index in [1.54, 1.807) is 18.2 Å². The summed E-state index contributed by atoms with van der Waals surface area (Å²) in [7, 11) is 0. The van der Waals surface area contributed by atoms with Gasteiger partial charge in [-0.05, 0) is 30.3 Å². The molecule has 3 aromatic rings. The van der Waals surface area contributed by atoms with Crippen molar-refractivity contribution in [2.75, 3.05) is 0 Å². The minimum Gasteiger partial charge on any atom is -0.452 e. The summed E-state index contributed by atoms with van der Waals surface area (Å²) in [5, 5.41) is 8.10. The maximum atomic E-state index is 12.1. The minimum absolute atomic E-state index is 0.124. The van der Waals surface area contributed by atoms with Crippen LogP contribution in [0, 0.1) is 0 Å². The normalized spacial score (nSPS) is 10.5. The molecule has 0 saturated heterocycles. The molecule has 116 valence electrons. The molecule has 0 radical (unpaired) electrons. The van der Waals surface area contributed by atoms with Gasteiger partial charge in [0.25, 0.3) is 5.89 Å². The zero-order valence-electron chi connectivity index (χ0n) is 11.7. The fourth-order valence-electron chi connectivity index (χ4n) is 1.87. The van der Waals surface area contributed by atoms with Crippen molar-refractivity contribution in [2.45, 2.75) is 6.61 Å². The van der Waals surface area contributed by atoms with Crippen LogP contribution in [0.3, 0.4) is 0 Å². The molecule has 0 aliphatic heterocycles. The number of aromatic nitrogens is 2. The van der Waals surface area contributed by atoms with Crippen molar-refractivity contribution in [3.05, 3.63) is 69.5 Å². The first kappa shape index (κ1) is 15.7. The Morgan fingerprint density at radius 1 is 1.17 bits per heavy atom. The van der Waals surface area contributed by atoms with Crippen molar-refractivity contribution in [1.29, 1.82) is 0 Å². The van der Waals surface area contributed by atoms with Gasteiger partial charge in [0, 0.05) is 10.0 Å². The van der Waals surface area contributed by atoms with E-state index in [0.717, 1.165) is 10.0 Å². The van der Waals surface area contributed by atoms with Gasteiger partial charge in [-0.3, -0.25) is 0 Å². The number of benzene rings is 2. The number of esters is 1. The molecule has 0 amide bonds. The van der Waals surface area contributed by atoms with Crippen LogP contribution in [0.4, 0.5) is 0 Å². The second-order valence-corrected chi connectivity index (χ2v) is 5.89. The van der Waals surface area contributed by atoms with Crippen molar-refractivity contribution < 1.29 is 13.9 Å². The molecule has 0 saturated carbocycles. The van der Waals surface area contributed by atoms with Gasteiger partial charge in [0.2, 0.25) is 5.89 Å². The first-order valence-corrected chi connectivity index (χ1v) is 7.80. The largest absolute Gasteiger partial charge is 0.452 e. The van der Waals surface area contributed by atoms with E-state index in [-0.39, 0.29) is 18.1 Å². The quantitative estimate of drug-likeness (QED) is 0.610. The molecule has 1 aromatic heterocycles. The topological polar surface area (TPSA) is 65.2 Å². The maximum Gasteiger partial charge on any atom is 0.340 e. The zero-order valence-corrected chi connectivity index (χ0v) is 14.0. The molecule has 2 aromatic carbocycles. The van der Waals surface area contributed by atoms with E-state index in [2.05, 4.69) is 26.1 Å². The average molecular weight is 394 g/mol. The predicted molar refractivity (Wildman–Crippen MR) is 88.0 cm³/mol. The third-order valence-corrected chi connectivity index (χ3v) is 3.79. The fourth-order valence-corrected chi connectivity index (χ4v) is 2.42. The van der Waals surface area contributed by atoms with E-state index in [4.69, 9.17) is 20.8 Å². The Bertz CT molecular complexity index is 836. The summed E-state index contributed by atoms with van der Waals surface area (Å²) in [4.78, 5) is 12.1. The van der Waals surface area contributed by atoms with Crippen molar-refractivity contribution in [1.82, 2.24) is 10.2 Å². The minimum atomic E-state index is -0.559. The lowest BCUT2D eigenvalue weighted by molar-refractivity contribution is 0.0439. The molecule has 23 heavy (non-hydrogen) atoms. The number of hydrogen-bond acceptors (Lipinski definition) is 5. The van der Waals surface area contributed by atoms with Gasteiger partial charge in [-0.25, -0.2) is 4.79 Å². The van der Waals surface area contributed by atoms with Gasteiger partial charge in [-0.2, -0.15) is 0 Å². The number of nitrogens with zero attached hydrogens (tertiary/aromatic N) is 2. The Hall–Kier alpha value is -2.18. The summed E-state index contributed by atoms with van der Waals surface area (Å²) < 4.78 is 11.4. The summed E-state index contributed by atoms with van der Waals surface area (Å²) in [6, 6.07) is 14.3. The summed E-state index contributed by atoms with van der Waals surface area (Å²) in [5.41, 5.74) is 1.07. The lowest BCUT2D eigenvalue weighted by Crippen LogP contribution is -2.06. The van der Waals surface area contributed by atoms with Crippen LogP contribution in [-0.2, 0) is 11.3 Å². The van der Waals surface area contributed by atoms with Crippen LogP contribution < -0.4 is 0 Å². The standard InChI is InChI=1S/C16H10BrClN2O3/c17-11-6-7-13(18)12(8-11)16(21)22-9-14-19-20-15(23-14)10-4-2-1-3-5-10/h1-8H,9H2. The van der Waals surface area contributed by atoms with Gasteiger partial charge in [0.05, 0.1) is 10.6 Å². The van der Waals surface area contributed by atoms with E-state index in [1.807, 2.05) is 30.3 Å². The summed E-state index contributed by atoms with van der Waals surface area (Å²) in [6.45, 7) is -0.124. The van der Waals surface area contributed by atoms with E-state index in [0.29, 0.717) is 10.9 Å². The van der Waals surface area contributed by atoms with Crippen LogP contribution in [0.25, 0.3) is 11.5 Å². The highest BCUT2D eigenvalue weighted by molar-refractivity contribution is 9.10. The Kier molecular flexibility index (Phi) is 4.73. The molecule has 5 nitrogen and oxygen atoms in total. The van der Waals surface area contributed by atoms with Crippen molar-refractivity contribution in [2.24, 2.45) is 0 Å². The van der Waals surface area contributed by atoms with Crippen LogP contribution in [-0.4, -0.2) is 16.2 Å². The van der Waals surface area contributed by atoms with Gasteiger partial charge >= 0.3 is 5.97 Å².